The Labute approximate surface area is 159 Å². The Morgan fingerprint density at radius 2 is 1.70 bits per heavy atom. The Morgan fingerprint density at radius 1 is 1.04 bits per heavy atom. The van der Waals surface area contributed by atoms with E-state index in [1.807, 2.05) is 6.07 Å². The molecule has 0 spiro atoms. The largest absolute Gasteiger partial charge is 0.508 e. The second-order valence-corrected chi connectivity index (χ2v) is 5.87. The molecule has 0 bridgehead atoms. The third-order valence-electron chi connectivity index (χ3n) is 3.86. The summed E-state index contributed by atoms with van der Waals surface area (Å²) in [4.78, 5) is 25.0. The van der Waals surface area contributed by atoms with E-state index >= 15 is 0 Å². The molecule has 0 fully saturated rings. The fourth-order valence-corrected chi connectivity index (χ4v) is 2.90. The number of hydrogen-bond donors (Lipinski definition) is 1. The van der Waals surface area contributed by atoms with Crippen molar-refractivity contribution in [3.05, 3.63) is 64.8 Å². The number of ether oxygens (including phenoxy) is 2. The Morgan fingerprint density at radius 3 is 2.30 bits per heavy atom. The van der Waals surface area contributed by atoms with Gasteiger partial charge in [-0.05, 0) is 30.3 Å². The second-order valence-electron chi connectivity index (χ2n) is 5.47. The summed E-state index contributed by atoms with van der Waals surface area (Å²) in [7, 11) is 2.41. The standard InChI is InChI=1S/C19H15ClN2O5/c1-26-18(24)15-16(13-9-8-12(23)10-14(13)20)21-22(17(15)19(25)27-2)11-6-4-3-5-7-11/h3-10,23H,1-2H3. The van der Waals surface area contributed by atoms with Crippen LogP contribution in [0.25, 0.3) is 16.9 Å². The molecule has 0 saturated heterocycles. The van der Waals surface area contributed by atoms with E-state index in [2.05, 4.69) is 5.10 Å². The van der Waals surface area contributed by atoms with Gasteiger partial charge in [0, 0.05) is 5.56 Å². The van der Waals surface area contributed by atoms with E-state index < -0.39 is 11.9 Å². The first-order valence-corrected chi connectivity index (χ1v) is 8.19. The van der Waals surface area contributed by atoms with Gasteiger partial charge >= 0.3 is 11.9 Å². The molecule has 1 heterocycles. The van der Waals surface area contributed by atoms with Gasteiger partial charge in [-0.25, -0.2) is 14.3 Å². The summed E-state index contributed by atoms with van der Waals surface area (Å²) in [5.74, 6) is -1.57. The number of methoxy groups -OCH3 is 2. The number of nitrogens with zero attached hydrogens (tertiary/aromatic N) is 2. The number of phenolic OH excluding ortho intramolecular Hbond substituents is 1. The van der Waals surface area contributed by atoms with Crippen LogP contribution in [0.3, 0.4) is 0 Å². The van der Waals surface area contributed by atoms with Crippen LogP contribution in [-0.2, 0) is 9.47 Å². The van der Waals surface area contributed by atoms with E-state index in [1.54, 1.807) is 24.3 Å². The molecule has 0 aliphatic carbocycles. The summed E-state index contributed by atoms with van der Waals surface area (Å²) in [5.41, 5.74) is 0.866. The van der Waals surface area contributed by atoms with Crippen LogP contribution in [0.15, 0.2) is 48.5 Å². The van der Waals surface area contributed by atoms with E-state index in [-0.39, 0.29) is 27.7 Å². The number of halogens is 1. The van der Waals surface area contributed by atoms with Crippen molar-refractivity contribution in [2.24, 2.45) is 0 Å². The van der Waals surface area contributed by atoms with Crippen LogP contribution >= 0.6 is 11.6 Å². The third kappa shape index (κ3) is 3.37. The van der Waals surface area contributed by atoms with Gasteiger partial charge in [-0.2, -0.15) is 5.10 Å². The van der Waals surface area contributed by atoms with Gasteiger partial charge in [-0.15, -0.1) is 0 Å². The zero-order chi connectivity index (χ0) is 19.6. The van der Waals surface area contributed by atoms with Gasteiger partial charge in [0.1, 0.15) is 17.0 Å². The van der Waals surface area contributed by atoms with Crippen molar-refractivity contribution in [2.45, 2.75) is 0 Å². The average molecular weight is 387 g/mol. The first kappa shape index (κ1) is 18.5. The molecule has 0 aliphatic rings. The van der Waals surface area contributed by atoms with Crippen LogP contribution in [0.1, 0.15) is 20.8 Å². The zero-order valence-corrected chi connectivity index (χ0v) is 15.2. The Hall–Kier alpha value is -3.32. The topological polar surface area (TPSA) is 90.6 Å². The molecule has 7 nitrogen and oxygen atoms in total. The SMILES string of the molecule is COC(=O)c1c(-c2ccc(O)cc2Cl)nn(-c2ccccc2)c1C(=O)OC. The monoisotopic (exact) mass is 386 g/mol. The maximum Gasteiger partial charge on any atom is 0.357 e. The van der Waals surface area contributed by atoms with Crippen LogP contribution < -0.4 is 0 Å². The number of hydrogen-bond acceptors (Lipinski definition) is 6. The molecule has 0 radical (unpaired) electrons. The van der Waals surface area contributed by atoms with Crippen molar-refractivity contribution in [1.82, 2.24) is 9.78 Å². The first-order valence-electron chi connectivity index (χ1n) is 7.82. The molecular weight excluding hydrogens is 372 g/mol. The molecule has 138 valence electrons. The van der Waals surface area contributed by atoms with Gasteiger partial charge in [-0.1, -0.05) is 29.8 Å². The number of phenols is 1. The first-order chi connectivity index (χ1) is 13.0. The lowest BCUT2D eigenvalue weighted by atomic mass is 10.1. The number of carbonyl (C=O) groups is 2. The minimum Gasteiger partial charge on any atom is -0.508 e. The number of rotatable bonds is 4. The van der Waals surface area contributed by atoms with Crippen molar-refractivity contribution in [2.75, 3.05) is 14.2 Å². The molecule has 0 unspecified atom stereocenters. The molecule has 8 heteroatoms. The summed E-state index contributed by atoms with van der Waals surface area (Å²) >= 11 is 6.23. The molecule has 1 aromatic heterocycles. The number of aromatic nitrogens is 2. The highest BCUT2D eigenvalue weighted by Crippen LogP contribution is 2.35. The van der Waals surface area contributed by atoms with E-state index in [1.165, 1.54) is 37.1 Å². The summed E-state index contributed by atoms with van der Waals surface area (Å²) in [6.45, 7) is 0. The summed E-state index contributed by atoms with van der Waals surface area (Å²) in [5, 5.41) is 14.2. The number of esters is 2. The van der Waals surface area contributed by atoms with Gasteiger partial charge in [0.2, 0.25) is 0 Å². The van der Waals surface area contributed by atoms with Gasteiger partial charge < -0.3 is 14.6 Å². The molecule has 0 aliphatic heterocycles. The molecule has 0 amide bonds. The zero-order valence-electron chi connectivity index (χ0n) is 14.5. The van der Waals surface area contributed by atoms with Crippen LogP contribution in [-0.4, -0.2) is 41.0 Å². The van der Waals surface area contributed by atoms with Crippen molar-refractivity contribution in [3.63, 3.8) is 0 Å². The number of para-hydroxylation sites is 1. The molecule has 0 saturated carbocycles. The summed E-state index contributed by atoms with van der Waals surface area (Å²) in [6.07, 6.45) is 0. The minimum absolute atomic E-state index is 0.0425. The maximum atomic E-state index is 12.5. The van der Waals surface area contributed by atoms with Crippen molar-refractivity contribution >= 4 is 23.5 Å². The van der Waals surface area contributed by atoms with Crippen LogP contribution in [0, 0.1) is 0 Å². The Balaban J connectivity index is 2.38. The predicted octanol–water partition coefficient (Wildman–Crippen LogP) is 3.47. The van der Waals surface area contributed by atoms with E-state index in [0.717, 1.165) is 0 Å². The molecule has 3 aromatic rings. The van der Waals surface area contributed by atoms with Crippen LogP contribution in [0.5, 0.6) is 5.75 Å². The normalized spacial score (nSPS) is 10.5. The van der Waals surface area contributed by atoms with Gasteiger partial charge in [0.25, 0.3) is 0 Å². The molecule has 0 atom stereocenters. The van der Waals surface area contributed by atoms with E-state index in [4.69, 9.17) is 21.1 Å². The second kappa shape index (κ2) is 7.51. The van der Waals surface area contributed by atoms with Crippen molar-refractivity contribution in [3.8, 4) is 22.7 Å². The fourth-order valence-electron chi connectivity index (χ4n) is 2.64. The van der Waals surface area contributed by atoms with Gasteiger partial charge in [0.05, 0.1) is 24.9 Å². The Kier molecular flexibility index (Phi) is 5.14. The molecule has 1 N–H and O–H groups in total. The van der Waals surface area contributed by atoms with Crippen LogP contribution in [0.2, 0.25) is 5.02 Å². The maximum absolute atomic E-state index is 12.5. The van der Waals surface area contributed by atoms with Crippen LogP contribution in [0.4, 0.5) is 0 Å². The molecule has 3 rings (SSSR count). The number of benzene rings is 2. The highest BCUT2D eigenvalue weighted by atomic mass is 35.5. The number of aromatic hydroxyl groups is 1. The minimum atomic E-state index is -0.767. The fraction of sp³-hybridized carbons (Fsp3) is 0.105. The lowest BCUT2D eigenvalue weighted by Crippen LogP contribution is -2.15. The van der Waals surface area contributed by atoms with E-state index in [9.17, 15) is 14.7 Å². The predicted molar refractivity (Wildman–Crippen MR) is 98.4 cm³/mol. The highest BCUT2D eigenvalue weighted by molar-refractivity contribution is 6.33. The smallest absolute Gasteiger partial charge is 0.357 e. The van der Waals surface area contributed by atoms with Crippen molar-refractivity contribution in [1.29, 1.82) is 0 Å². The quantitative estimate of drug-likeness (QED) is 0.690. The third-order valence-corrected chi connectivity index (χ3v) is 4.17. The molecule has 2 aromatic carbocycles. The van der Waals surface area contributed by atoms with Gasteiger partial charge in [0.15, 0.2) is 5.69 Å². The lowest BCUT2D eigenvalue weighted by molar-refractivity contribution is 0.0549. The lowest BCUT2D eigenvalue weighted by Gasteiger charge is -2.07. The molecule has 27 heavy (non-hydrogen) atoms. The summed E-state index contributed by atoms with van der Waals surface area (Å²) in [6, 6.07) is 13.0. The molecular formula is C19H15ClN2O5. The van der Waals surface area contributed by atoms with E-state index in [0.29, 0.717) is 11.3 Å². The summed E-state index contributed by atoms with van der Waals surface area (Å²) < 4.78 is 11.0. The van der Waals surface area contributed by atoms with Crippen molar-refractivity contribution < 1.29 is 24.2 Å². The average Bonchev–Trinajstić information content (AvgIpc) is 3.07. The Bertz CT molecular complexity index is 1010. The van der Waals surface area contributed by atoms with Gasteiger partial charge in [-0.3, -0.25) is 0 Å². The highest BCUT2D eigenvalue weighted by Gasteiger charge is 2.32. The number of carbonyl (C=O) groups excluding carboxylic acids is 2.